The van der Waals surface area contributed by atoms with Crippen molar-refractivity contribution in [3.05, 3.63) is 48.6 Å². The molecule has 1 aromatic rings. The molecule has 144 valence electrons. The number of benzene rings is 1. The van der Waals surface area contributed by atoms with E-state index in [2.05, 4.69) is 18.2 Å². The minimum atomic E-state index is -3.62. The van der Waals surface area contributed by atoms with Gasteiger partial charge in [0, 0.05) is 19.1 Å². The SMILES string of the molecule is C=CCN(CCc1ccccc1)C(=O)CS(=O)(=O)NC1CCC(C)CC1. The van der Waals surface area contributed by atoms with E-state index in [1.54, 1.807) is 11.0 Å². The summed E-state index contributed by atoms with van der Waals surface area (Å²) in [6.07, 6.45) is 6.07. The summed E-state index contributed by atoms with van der Waals surface area (Å²) in [6, 6.07) is 9.81. The summed E-state index contributed by atoms with van der Waals surface area (Å²) in [5.41, 5.74) is 1.12. The topological polar surface area (TPSA) is 66.5 Å². The van der Waals surface area contributed by atoms with Crippen molar-refractivity contribution >= 4 is 15.9 Å². The molecule has 1 aromatic carbocycles. The average Bonchev–Trinajstić information content (AvgIpc) is 2.60. The zero-order valence-corrected chi connectivity index (χ0v) is 16.4. The quantitative estimate of drug-likeness (QED) is 0.672. The minimum Gasteiger partial charge on any atom is -0.338 e. The first-order chi connectivity index (χ1) is 12.4. The largest absolute Gasteiger partial charge is 0.338 e. The van der Waals surface area contributed by atoms with Gasteiger partial charge < -0.3 is 4.90 Å². The molecular formula is C20H30N2O3S. The van der Waals surface area contributed by atoms with Gasteiger partial charge in [0.1, 0.15) is 5.75 Å². The standard InChI is InChI=1S/C20H30N2O3S/c1-3-14-22(15-13-18-7-5-4-6-8-18)20(23)16-26(24,25)21-19-11-9-17(2)10-12-19/h3-8,17,19,21H,1,9-16H2,2H3. The first-order valence-electron chi connectivity index (χ1n) is 9.32. The van der Waals surface area contributed by atoms with Crippen molar-refractivity contribution < 1.29 is 13.2 Å². The molecule has 0 unspecified atom stereocenters. The van der Waals surface area contributed by atoms with Crippen molar-refractivity contribution in [2.75, 3.05) is 18.8 Å². The molecule has 1 fully saturated rings. The second-order valence-electron chi connectivity index (χ2n) is 7.20. The molecular weight excluding hydrogens is 348 g/mol. The van der Waals surface area contributed by atoms with E-state index in [0.29, 0.717) is 25.4 Å². The summed E-state index contributed by atoms with van der Waals surface area (Å²) in [7, 11) is -3.62. The zero-order chi connectivity index (χ0) is 19.0. The van der Waals surface area contributed by atoms with Crippen LogP contribution in [0.1, 0.15) is 38.2 Å². The maximum atomic E-state index is 12.5. The summed E-state index contributed by atoms with van der Waals surface area (Å²) in [6.45, 7) is 6.69. The molecule has 0 saturated heterocycles. The Morgan fingerprint density at radius 3 is 2.50 bits per heavy atom. The van der Waals surface area contributed by atoms with Crippen LogP contribution in [0.5, 0.6) is 0 Å². The zero-order valence-electron chi connectivity index (χ0n) is 15.6. The third-order valence-corrected chi connectivity index (χ3v) is 6.21. The van der Waals surface area contributed by atoms with Gasteiger partial charge in [0.2, 0.25) is 15.9 Å². The van der Waals surface area contributed by atoms with Crippen LogP contribution >= 0.6 is 0 Å². The molecule has 0 aliphatic heterocycles. The van der Waals surface area contributed by atoms with Crippen LogP contribution in [0.15, 0.2) is 43.0 Å². The molecule has 0 aromatic heterocycles. The van der Waals surface area contributed by atoms with Crippen LogP contribution in [0.2, 0.25) is 0 Å². The summed E-state index contributed by atoms with van der Waals surface area (Å²) in [4.78, 5) is 14.1. The number of hydrogen-bond donors (Lipinski definition) is 1. The lowest BCUT2D eigenvalue weighted by atomic mass is 9.88. The highest BCUT2D eigenvalue weighted by Gasteiger charge is 2.26. The smallest absolute Gasteiger partial charge is 0.239 e. The number of carbonyl (C=O) groups is 1. The van der Waals surface area contributed by atoms with Crippen molar-refractivity contribution in [2.24, 2.45) is 5.92 Å². The van der Waals surface area contributed by atoms with E-state index in [-0.39, 0.29) is 11.9 Å². The third-order valence-electron chi connectivity index (χ3n) is 4.89. The second-order valence-corrected chi connectivity index (χ2v) is 8.95. The van der Waals surface area contributed by atoms with Gasteiger partial charge in [-0.1, -0.05) is 43.3 Å². The van der Waals surface area contributed by atoms with Crippen LogP contribution in [0, 0.1) is 5.92 Å². The molecule has 1 N–H and O–H groups in total. The molecule has 0 radical (unpaired) electrons. The van der Waals surface area contributed by atoms with Gasteiger partial charge in [0.25, 0.3) is 0 Å². The van der Waals surface area contributed by atoms with Crippen LogP contribution in [-0.2, 0) is 21.2 Å². The molecule has 1 amide bonds. The molecule has 1 aliphatic rings. The van der Waals surface area contributed by atoms with Gasteiger partial charge in [-0.3, -0.25) is 4.79 Å². The first kappa shape index (κ1) is 20.6. The fourth-order valence-corrected chi connectivity index (χ4v) is 4.64. The van der Waals surface area contributed by atoms with Crippen LogP contribution in [0.3, 0.4) is 0 Å². The Balaban J connectivity index is 1.89. The number of nitrogens with one attached hydrogen (secondary N) is 1. The van der Waals surface area contributed by atoms with Gasteiger partial charge in [-0.25, -0.2) is 13.1 Å². The summed E-state index contributed by atoms with van der Waals surface area (Å²) in [5, 5.41) is 0. The number of amides is 1. The van der Waals surface area contributed by atoms with Crippen LogP contribution in [0.25, 0.3) is 0 Å². The Morgan fingerprint density at radius 2 is 1.88 bits per heavy atom. The van der Waals surface area contributed by atoms with Gasteiger partial charge >= 0.3 is 0 Å². The van der Waals surface area contributed by atoms with Gasteiger partial charge in [0.05, 0.1) is 0 Å². The van der Waals surface area contributed by atoms with Crippen molar-refractivity contribution in [3.8, 4) is 0 Å². The molecule has 2 rings (SSSR count). The number of hydrogen-bond acceptors (Lipinski definition) is 3. The Hall–Kier alpha value is -1.66. The fourth-order valence-electron chi connectivity index (χ4n) is 3.31. The Bertz CT molecular complexity index is 680. The normalized spacial score (nSPS) is 20.5. The lowest BCUT2D eigenvalue weighted by molar-refractivity contribution is -0.127. The maximum Gasteiger partial charge on any atom is 0.239 e. The Kier molecular flexibility index (Phi) is 7.85. The monoisotopic (exact) mass is 378 g/mol. The number of carbonyl (C=O) groups excluding carboxylic acids is 1. The summed E-state index contributed by atoms with van der Waals surface area (Å²) >= 11 is 0. The maximum absolute atomic E-state index is 12.5. The van der Waals surface area contributed by atoms with Gasteiger partial charge in [-0.2, -0.15) is 0 Å². The molecule has 0 spiro atoms. The Morgan fingerprint density at radius 1 is 1.23 bits per heavy atom. The predicted molar refractivity (Wildman–Crippen MR) is 105 cm³/mol. The molecule has 5 nitrogen and oxygen atoms in total. The molecule has 0 heterocycles. The first-order valence-corrected chi connectivity index (χ1v) is 11.0. The van der Waals surface area contributed by atoms with E-state index < -0.39 is 15.8 Å². The summed E-state index contributed by atoms with van der Waals surface area (Å²) in [5.74, 6) is -0.224. The lowest BCUT2D eigenvalue weighted by Crippen LogP contribution is -2.44. The number of nitrogens with zero attached hydrogens (tertiary/aromatic N) is 1. The number of sulfonamides is 1. The minimum absolute atomic E-state index is 0.0406. The highest BCUT2D eigenvalue weighted by molar-refractivity contribution is 7.90. The second kappa shape index (κ2) is 9.88. The summed E-state index contributed by atoms with van der Waals surface area (Å²) < 4.78 is 27.5. The van der Waals surface area contributed by atoms with Gasteiger partial charge in [-0.05, 0) is 43.6 Å². The van der Waals surface area contributed by atoms with Crippen molar-refractivity contribution in [3.63, 3.8) is 0 Å². The van der Waals surface area contributed by atoms with Crippen LogP contribution in [-0.4, -0.2) is 44.1 Å². The molecule has 0 atom stereocenters. The molecule has 0 bridgehead atoms. The van der Waals surface area contributed by atoms with Gasteiger partial charge in [-0.15, -0.1) is 6.58 Å². The van der Waals surface area contributed by atoms with Crippen LogP contribution in [0.4, 0.5) is 0 Å². The fraction of sp³-hybridized carbons (Fsp3) is 0.550. The highest BCUT2D eigenvalue weighted by atomic mass is 32.2. The van der Waals surface area contributed by atoms with E-state index in [1.807, 2.05) is 30.3 Å². The van der Waals surface area contributed by atoms with E-state index in [9.17, 15) is 13.2 Å². The molecule has 1 aliphatic carbocycles. The van der Waals surface area contributed by atoms with Crippen molar-refractivity contribution in [2.45, 2.75) is 45.1 Å². The third kappa shape index (κ3) is 6.92. The highest BCUT2D eigenvalue weighted by Crippen LogP contribution is 2.23. The number of rotatable bonds is 9. The van der Waals surface area contributed by atoms with E-state index >= 15 is 0 Å². The van der Waals surface area contributed by atoms with Crippen molar-refractivity contribution in [1.29, 1.82) is 0 Å². The molecule has 26 heavy (non-hydrogen) atoms. The van der Waals surface area contributed by atoms with E-state index in [4.69, 9.17) is 0 Å². The average molecular weight is 379 g/mol. The van der Waals surface area contributed by atoms with Crippen LogP contribution < -0.4 is 4.72 Å². The molecule has 1 saturated carbocycles. The molecule has 6 heteroatoms. The van der Waals surface area contributed by atoms with E-state index in [1.165, 1.54) is 0 Å². The van der Waals surface area contributed by atoms with Gasteiger partial charge in [0.15, 0.2) is 0 Å². The predicted octanol–water partition coefficient (Wildman–Crippen LogP) is 2.74. The Labute approximate surface area is 157 Å². The lowest BCUT2D eigenvalue weighted by Gasteiger charge is -2.27. The van der Waals surface area contributed by atoms with Crippen molar-refractivity contribution in [1.82, 2.24) is 9.62 Å². The van der Waals surface area contributed by atoms with E-state index in [0.717, 1.165) is 31.2 Å².